The van der Waals surface area contributed by atoms with E-state index in [0.29, 0.717) is 5.02 Å². The lowest BCUT2D eigenvalue weighted by Crippen LogP contribution is -2.29. The first-order valence-corrected chi connectivity index (χ1v) is 7.84. The summed E-state index contributed by atoms with van der Waals surface area (Å²) in [4.78, 5) is 28.2. The summed E-state index contributed by atoms with van der Waals surface area (Å²) in [6.45, 7) is 0. The maximum atomic E-state index is 12.0. The second-order valence-corrected chi connectivity index (χ2v) is 5.89. The minimum Gasteiger partial charge on any atom is -0.459 e. The highest BCUT2D eigenvalue weighted by Gasteiger charge is 2.29. The Labute approximate surface area is 146 Å². The quantitative estimate of drug-likeness (QED) is 0.750. The summed E-state index contributed by atoms with van der Waals surface area (Å²) >= 11 is 5.92. The number of carbonyl (C=O) groups excluding carboxylic acids is 2. The molecule has 4 rings (SSSR count). The number of amides is 2. The van der Waals surface area contributed by atoms with Gasteiger partial charge in [0.1, 0.15) is 0 Å². The van der Waals surface area contributed by atoms with E-state index in [2.05, 4.69) is 20.7 Å². The molecule has 0 fully saturated rings. The van der Waals surface area contributed by atoms with Gasteiger partial charge in [-0.25, -0.2) is 4.68 Å². The van der Waals surface area contributed by atoms with Crippen LogP contribution in [-0.4, -0.2) is 26.6 Å². The van der Waals surface area contributed by atoms with Gasteiger partial charge in [0.25, 0.3) is 11.9 Å². The van der Waals surface area contributed by atoms with E-state index in [1.165, 1.54) is 12.3 Å². The van der Waals surface area contributed by atoms with E-state index >= 15 is 0 Å². The molecule has 0 saturated heterocycles. The van der Waals surface area contributed by atoms with Crippen LogP contribution in [0.3, 0.4) is 0 Å². The molecule has 0 spiro atoms. The van der Waals surface area contributed by atoms with E-state index in [1.807, 2.05) is 12.1 Å². The summed E-state index contributed by atoms with van der Waals surface area (Å²) in [7, 11) is 0. The number of fused-ring (bicyclic) bond motifs is 1. The standard InChI is InChI=1S/C16H12ClN5O3/c17-10-5-3-9(4-6-10)11-8-13(23)18-16-20-15(21-22(11)16)19-14(24)12-2-1-7-25-12/h1-7,11H,8H2,(H2,18,19,20,21,23,24)/t11-/m0/s1. The molecule has 25 heavy (non-hydrogen) atoms. The third-order valence-corrected chi connectivity index (χ3v) is 4.03. The molecule has 1 aliphatic heterocycles. The minimum absolute atomic E-state index is 0.0811. The second kappa shape index (κ2) is 6.06. The van der Waals surface area contributed by atoms with Crippen molar-refractivity contribution in [3.05, 3.63) is 59.0 Å². The Bertz CT molecular complexity index is 933. The number of nitrogens with zero attached hydrogens (tertiary/aromatic N) is 3. The smallest absolute Gasteiger partial charge is 0.293 e. The van der Waals surface area contributed by atoms with Crippen molar-refractivity contribution in [3.8, 4) is 0 Å². The summed E-state index contributed by atoms with van der Waals surface area (Å²) in [6, 6.07) is 9.97. The van der Waals surface area contributed by atoms with Gasteiger partial charge in [-0.1, -0.05) is 23.7 Å². The van der Waals surface area contributed by atoms with Crippen molar-refractivity contribution in [1.82, 2.24) is 14.8 Å². The molecule has 9 heteroatoms. The van der Waals surface area contributed by atoms with E-state index in [-0.39, 0.29) is 36.0 Å². The molecule has 0 radical (unpaired) electrons. The molecule has 0 aliphatic carbocycles. The van der Waals surface area contributed by atoms with Crippen LogP contribution < -0.4 is 10.6 Å². The van der Waals surface area contributed by atoms with Gasteiger partial charge in [-0.05, 0) is 29.8 Å². The van der Waals surface area contributed by atoms with Crippen molar-refractivity contribution in [1.29, 1.82) is 0 Å². The molecule has 126 valence electrons. The lowest BCUT2D eigenvalue weighted by molar-refractivity contribution is -0.117. The zero-order valence-electron chi connectivity index (χ0n) is 12.8. The van der Waals surface area contributed by atoms with Crippen LogP contribution in [-0.2, 0) is 4.79 Å². The first kappa shape index (κ1) is 15.4. The fraction of sp³-hybridized carbons (Fsp3) is 0.125. The van der Waals surface area contributed by atoms with E-state index in [1.54, 1.807) is 22.9 Å². The fourth-order valence-corrected chi connectivity index (χ4v) is 2.76. The molecule has 1 atom stereocenters. The first-order chi connectivity index (χ1) is 12.1. The Morgan fingerprint density at radius 2 is 2.12 bits per heavy atom. The molecule has 1 aromatic carbocycles. The third kappa shape index (κ3) is 2.99. The van der Waals surface area contributed by atoms with Crippen molar-refractivity contribution in [2.24, 2.45) is 0 Å². The maximum Gasteiger partial charge on any atom is 0.293 e. The van der Waals surface area contributed by atoms with Crippen molar-refractivity contribution in [2.75, 3.05) is 10.6 Å². The second-order valence-electron chi connectivity index (χ2n) is 5.45. The van der Waals surface area contributed by atoms with E-state index in [0.717, 1.165) is 5.56 Å². The van der Waals surface area contributed by atoms with Gasteiger partial charge in [0.15, 0.2) is 5.76 Å². The van der Waals surface area contributed by atoms with Crippen LogP contribution in [0, 0.1) is 0 Å². The predicted molar refractivity (Wildman–Crippen MR) is 89.5 cm³/mol. The van der Waals surface area contributed by atoms with Gasteiger partial charge in [-0.3, -0.25) is 20.2 Å². The SMILES string of the molecule is O=C1C[C@@H](c2ccc(Cl)cc2)n2nc(NC(=O)c3ccco3)nc2N1. The van der Waals surface area contributed by atoms with Gasteiger partial charge in [-0.15, -0.1) is 5.10 Å². The van der Waals surface area contributed by atoms with Crippen molar-refractivity contribution in [2.45, 2.75) is 12.5 Å². The molecule has 8 nitrogen and oxygen atoms in total. The highest BCUT2D eigenvalue weighted by Crippen LogP contribution is 2.30. The fourth-order valence-electron chi connectivity index (χ4n) is 2.63. The van der Waals surface area contributed by atoms with Gasteiger partial charge < -0.3 is 4.42 Å². The molecule has 1 aliphatic rings. The monoisotopic (exact) mass is 357 g/mol. The summed E-state index contributed by atoms with van der Waals surface area (Å²) in [6.07, 6.45) is 1.61. The maximum absolute atomic E-state index is 12.0. The molecule has 0 saturated carbocycles. The van der Waals surface area contributed by atoms with Crippen molar-refractivity contribution < 1.29 is 14.0 Å². The van der Waals surface area contributed by atoms with Gasteiger partial charge in [0.2, 0.25) is 11.9 Å². The van der Waals surface area contributed by atoms with Crippen LogP contribution in [0.25, 0.3) is 0 Å². The van der Waals surface area contributed by atoms with Crippen LogP contribution in [0.4, 0.5) is 11.9 Å². The first-order valence-electron chi connectivity index (χ1n) is 7.47. The Balaban J connectivity index is 1.64. The average molecular weight is 358 g/mol. The lowest BCUT2D eigenvalue weighted by Gasteiger charge is -2.23. The molecule has 0 bridgehead atoms. The Morgan fingerprint density at radius 1 is 1.32 bits per heavy atom. The van der Waals surface area contributed by atoms with Crippen LogP contribution in [0.2, 0.25) is 5.02 Å². The van der Waals surface area contributed by atoms with Crippen molar-refractivity contribution in [3.63, 3.8) is 0 Å². The number of halogens is 1. The predicted octanol–water partition coefficient (Wildman–Crippen LogP) is 2.71. The third-order valence-electron chi connectivity index (χ3n) is 3.78. The average Bonchev–Trinajstić information content (AvgIpc) is 3.24. The highest BCUT2D eigenvalue weighted by molar-refractivity contribution is 6.30. The number of furan rings is 1. The number of aromatic nitrogens is 3. The number of hydrogen-bond acceptors (Lipinski definition) is 5. The zero-order valence-corrected chi connectivity index (χ0v) is 13.5. The highest BCUT2D eigenvalue weighted by atomic mass is 35.5. The van der Waals surface area contributed by atoms with Crippen LogP contribution in [0.15, 0.2) is 47.1 Å². The number of nitrogens with one attached hydrogen (secondary N) is 2. The van der Waals surface area contributed by atoms with Crippen LogP contribution in [0.1, 0.15) is 28.6 Å². The van der Waals surface area contributed by atoms with E-state index in [4.69, 9.17) is 16.0 Å². The Morgan fingerprint density at radius 3 is 2.84 bits per heavy atom. The van der Waals surface area contributed by atoms with Crippen LogP contribution >= 0.6 is 11.6 Å². The Kier molecular flexibility index (Phi) is 3.73. The Hall–Kier alpha value is -3.13. The summed E-state index contributed by atoms with van der Waals surface area (Å²) in [5.74, 6) is -0.152. The molecule has 2 N–H and O–H groups in total. The van der Waals surface area contributed by atoms with Crippen molar-refractivity contribution >= 4 is 35.3 Å². The van der Waals surface area contributed by atoms with Crippen LogP contribution in [0.5, 0.6) is 0 Å². The summed E-state index contributed by atoms with van der Waals surface area (Å²) < 4.78 is 6.60. The number of anilines is 2. The minimum atomic E-state index is -0.470. The normalized spacial score (nSPS) is 16.2. The van der Waals surface area contributed by atoms with E-state index in [9.17, 15) is 9.59 Å². The van der Waals surface area contributed by atoms with E-state index < -0.39 is 5.91 Å². The number of rotatable bonds is 3. The molecule has 2 amide bonds. The number of carbonyl (C=O) groups is 2. The topological polar surface area (TPSA) is 102 Å². The molecule has 0 unspecified atom stereocenters. The van der Waals surface area contributed by atoms with Gasteiger partial charge in [-0.2, -0.15) is 4.98 Å². The molecular weight excluding hydrogens is 346 g/mol. The molecule has 3 aromatic rings. The number of benzene rings is 1. The molecule has 2 aromatic heterocycles. The number of hydrogen-bond donors (Lipinski definition) is 2. The largest absolute Gasteiger partial charge is 0.459 e. The molecule has 3 heterocycles. The van der Waals surface area contributed by atoms with Gasteiger partial charge >= 0.3 is 0 Å². The molecular formula is C16H12ClN5O3. The van der Waals surface area contributed by atoms with Gasteiger partial charge in [0.05, 0.1) is 18.7 Å². The lowest BCUT2D eigenvalue weighted by atomic mass is 10.0. The summed E-state index contributed by atoms with van der Waals surface area (Å²) in [5, 5.41) is 10.1. The summed E-state index contributed by atoms with van der Waals surface area (Å²) in [5.41, 5.74) is 0.870. The zero-order chi connectivity index (χ0) is 17.4. The van der Waals surface area contributed by atoms with Gasteiger partial charge in [0, 0.05) is 5.02 Å².